The molecule has 4 amide bonds. The van der Waals surface area contributed by atoms with Crippen LogP contribution in [0.5, 0.6) is 0 Å². The third-order valence-electron chi connectivity index (χ3n) is 2.25. The number of hydrogen-bond donors (Lipinski definition) is 4. The van der Waals surface area contributed by atoms with Crippen LogP contribution in [0.1, 0.15) is 6.92 Å². The molecule has 0 saturated carbocycles. The lowest BCUT2D eigenvalue weighted by Gasteiger charge is -2.25. The van der Waals surface area contributed by atoms with E-state index in [0.717, 1.165) is 4.90 Å². The standard InChI is InChI=1S/C7H12N4O4/c1-2-15-7(14)11-4-3(9-6(11)13)8-5(12)10-4/h3-4,7,14H,2H2,1H3,(H,9,13)(H2,8,10,12). The second-order valence-electron chi connectivity index (χ2n) is 3.18. The van der Waals surface area contributed by atoms with E-state index in [2.05, 4.69) is 16.0 Å². The minimum Gasteiger partial charge on any atom is -0.351 e. The molecule has 0 aliphatic carbocycles. The summed E-state index contributed by atoms with van der Waals surface area (Å²) >= 11 is 0. The Morgan fingerprint density at radius 1 is 1.47 bits per heavy atom. The van der Waals surface area contributed by atoms with Gasteiger partial charge >= 0.3 is 12.1 Å². The lowest BCUT2D eigenvalue weighted by Crippen LogP contribution is -2.50. The van der Waals surface area contributed by atoms with Crippen LogP contribution in [0, 0.1) is 0 Å². The van der Waals surface area contributed by atoms with Gasteiger partial charge in [-0.3, -0.25) is 4.90 Å². The first-order chi connectivity index (χ1) is 7.13. The predicted octanol–water partition coefficient (Wildman–Crippen LogP) is -1.71. The second kappa shape index (κ2) is 3.55. The van der Waals surface area contributed by atoms with Gasteiger partial charge in [0.2, 0.25) is 6.41 Å². The van der Waals surface area contributed by atoms with Crippen LogP contribution >= 0.6 is 0 Å². The number of carbonyl (C=O) groups excluding carboxylic acids is 2. The highest BCUT2D eigenvalue weighted by molar-refractivity contribution is 5.84. The molecule has 2 fully saturated rings. The molecule has 4 N–H and O–H groups in total. The zero-order chi connectivity index (χ0) is 11.0. The first-order valence-electron chi connectivity index (χ1n) is 4.59. The van der Waals surface area contributed by atoms with Gasteiger partial charge in [0.1, 0.15) is 6.17 Å². The Kier molecular flexibility index (Phi) is 2.37. The van der Waals surface area contributed by atoms with Gasteiger partial charge < -0.3 is 25.8 Å². The van der Waals surface area contributed by atoms with E-state index in [-0.39, 0.29) is 6.61 Å². The number of amides is 4. The number of fused-ring (bicyclic) bond motifs is 1. The molecule has 8 nitrogen and oxygen atoms in total. The Morgan fingerprint density at radius 3 is 2.87 bits per heavy atom. The van der Waals surface area contributed by atoms with Gasteiger partial charge in [-0.2, -0.15) is 0 Å². The lowest BCUT2D eigenvalue weighted by molar-refractivity contribution is -0.178. The number of rotatable bonds is 3. The van der Waals surface area contributed by atoms with E-state index in [1.807, 2.05) is 0 Å². The van der Waals surface area contributed by atoms with Crippen LogP contribution in [-0.2, 0) is 4.74 Å². The van der Waals surface area contributed by atoms with Crippen LogP contribution in [-0.4, -0.2) is 47.4 Å². The van der Waals surface area contributed by atoms with Gasteiger partial charge in [0, 0.05) is 6.61 Å². The third kappa shape index (κ3) is 1.57. The van der Waals surface area contributed by atoms with Crippen molar-refractivity contribution in [2.24, 2.45) is 0 Å². The topological polar surface area (TPSA) is 103 Å². The van der Waals surface area contributed by atoms with Crippen molar-refractivity contribution in [2.75, 3.05) is 6.61 Å². The Labute approximate surface area is 85.6 Å². The molecule has 2 aliphatic rings. The molecule has 3 unspecified atom stereocenters. The van der Waals surface area contributed by atoms with Crippen LogP contribution in [0.3, 0.4) is 0 Å². The van der Waals surface area contributed by atoms with Crippen LogP contribution in [0.15, 0.2) is 0 Å². The molecule has 0 aromatic heterocycles. The molecule has 2 saturated heterocycles. The maximum Gasteiger partial charge on any atom is 0.324 e. The highest BCUT2D eigenvalue weighted by atomic mass is 16.6. The number of nitrogens with one attached hydrogen (secondary N) is 3. The monoisotopic (exact) mass is 216 g/mol. The maximum atomic E-state index is 11.4. The summed E-state index contributed by atoms with van der Waals surface area (Å²) in [6, 6.07) is -0.878. The molecular formula is C7H12N4O4. The normalized spacial score (nSPS) is 30.7. The summed E-state index contributed by atoms with van der Waals surface area (Å²) in [5.41, 5.74) is 0. The highest BCUT2D eigenvalue weighted by Gasteiger charge is 2.48. The minimum atomic E-state index is -1.36. The molecule has 0 aromatic rings. The molecule has 2 heterocycles. The maximum absolute atomic E-state index is 11.4. The number of carbonyl (C=O) groups is 2. The van der Waals surface area contributed by atoms with E-state index in [1.54, 1.807) is 6.92 Å². The Bertz CT molecular complexity index is 297. The molecule has 8 heteroatoms. The number of aliphatic hydroxyl groups excluding tert-OH is 1. The molecule has 0 spiro atoms. The fourth-order valence-electron chi connectivity index (χ4n) is 1.63. The molecule has 15 heavy (non-hydrogen) atoms. The molecule has 0 aromatic carbocycles. The SMILES string of the molecule is CCOC(O)N1C(=O)NC2NC(=O)NC21. The van der Waals surface area contributed by atoms with Crippen molar-refractivity contribution < 1.29 is 19.4 Å². The summed E-state index contributed by atoms with van der Waals surface area (Å²) in [4.78, 5) is 23.4. The van der Waals surface area contributed by atoms with Gasteiger partial charge in [-0.1, -0.05) is 0 Å². The molecule has 0 radical (unpaired) electrons. The second-order valence-corrected chi connectivity index (χ2v) is 3.18. The van der Waals surface area contributed by atoms with Crippen LogP contribution < -0.4 is 16.0 Å². The van der Waals surface area contributed by atoms with Crippen molar-refractivity contribution in [3.63, 3.8) is 0 Å². The van der Waals surface area contributed by atoms with Gasteiger partial charge in [-0.15, -0.1) is 0 Å². The van der Waals surface area contributed by atoms with Crippen molar-refractivity contribution in [2.45, 2.75) is 25.7 Å². The summed E-state index contributed by atoms with van der Waals surface area (Å²) in [6.45, 7) is 1.96. The number of nitrogens with zero attached hydrogens (tertiary/aromatic N) is 1. The van der Waals surface area contributed by atoms with E-state index in [1.165, 1.54) is 0 Å². The van der Waals surface area contributed by atoms with E-state index < -0.39 is 30.8 Å². The van der Waals surface area contributed by atoms with Crippen molar-refractivity contribution in [3.8, 4) is 0 Å². The Morgan fingerprint density at radius 2 is 2.20 bits per heavy atom. The Hall–Kier alpha value is -1.54. The largest absolute Gasteiger partial charge is 0.351 e. The zero-order valence-electron chi connectivity index (χ0n) is 8.06. The molecule has 84 valence electrons. The number of aliphatic hydroxyl groups is 1. The van der Waals surface area contributed by atoms with Crippen LogP contribution in [0.2, 0.25) is 0 Å². The number of hydrogen-bond acceptors (Lipinski definition) is 4. The summed E-state index contributed by atoms with van der Waals surface area (Å²) in [5.74, 6) is 0. The molecule has 0 bridgehead atoms. The zero-order valence-corrected chi connectivity index (χ0v) is 8.06. The first-order valence-corrected chi connectivity index (χ1v) is 4.59. The van der Waals surface area contributed by atoms with E-state index >= 15 is 0 Å². The fraction of sp³-hybridized carbons (Fsp3) is 0.714. The molecule has 2 aliphatic heterocycles. The summed E-state index contributed by atoms with van der Waals surface area (Å²) in [6.07, 6.45) is -2.50. The van der Waals surface area contributed by atoms with E-state index in [4.69, 9.17) is 4.74 Å². The predicted molar refractivity (Wildman–Crippen MR) is 47.2 cm³/mol. The van der Waals surface area contributed by atoms with Crippen LogP contribution in [0.4, 0.5) is 9.59 Å². The van der Waals surface area contributed by atoms with Crippen LogP contribution in [0.25, 0.3) is 0 Å². The molecule has 3 atom stereocenters. The first kappa shape index (κ1) is 9.99. The average molecular weight is 216 g/mol. The molecule has 2 rings (SSSR count). The third-order valence-corrected chi connectivity index (χ3v) is 2.25. The highest BCUT2D eigenvalue weighted by Crippen LogP contribution is 2.16. The minimum absolute atomic E-state index is 0.268. The Balaban J connectivity index is 2.09. The summed E-state index contributed by atoms with van der Waals surface area (Å²) in [5, 5.41) is 17.0. The van der Waals surface area contributed by atoms with Crippen molar-refractivity contribution in [1.82, 2.24) is 20.9 Å². The molecular weight excluding hydrogens is 204 g/mol. The van der Waals surface area contributed by atoms with Crippen molar-refractivity contribution in [1.29, 1.82) is 0 Å². The van der Waals surface area contributed by atoms with E-state index in [0.29, 0.717) is 0 Å². The lowest BCUT2D eigenvalue weighted by atomic mass is 10.4. The van der Waals surface area contributed by atoms with Crippen molar-refractivity contribution >= 4 is 12.1 Å². The quantitative estimate of drug-likeness (QED) is 0.422. The van der Waals surface area contributed by atoms with Gasteiger partial charge in [0.25, 0.3) is 0 Å². The summed E-state index contributed by atoms with van der Waals surface area (Å²) in [7, 11) is 0. The number of ether oxygens (including phenoxy) is 1. The summed E-state index contributed by atoms with van der Waals surface area (Å²) < 4.78 is 4.88. The van der Waals surface area contributed by atoms with Gasteiger partial charge in [0.05, 0.1) is 0 Å². The van der Waals surface area contributed by atoms with Crippen molar-refractivity contribution in [3.05, 3.63) is 0 Å². The smallest absolute Gasteiger partial charge is 0.324 e. The van der Waals surface area contributed by atoms with Gasteiger partial charge in [0.15, 0.2) is 6.17 Å². The fourth-order valence-corrected chi connectivity index (χ4v) is 1.63. The van der Waals surface area contributed by atoms with Gasteiger partial charge in [-0.05, 0) is 6.92 Å². The number of urea groups is 2. The van der Waals surface area contributed by atoms with Gasteiger partial charge in [-0.25, -0.2) is 9.59 Å². The van der Waals surface area contributed by atoms with E-state index in [9.17, 15) is 14.7 Å². The average Bonchev–Trinajstić information content (AvgIpc) is 2.59.